The molecule has 5 unspecified atom stereocenters. The van der Waals surface area contributed by atoms with Gasteiger partial charge in [0.1, 0.15) is 30.5 Å². The van der Waals surface area contributed by atoms with Crippen molar-refractivity contribution >= 4 is 12.3 Å². The van der Waals surface area contributed by atoms with Gasteiger partial charge in [0.2, 0.25) is 0 Å². The molecule has 108 valence electrons. The molecule has 0 radical (unpaired) electrons. The van der Waals surface area contributed by atoms with Crippen molar-refractivity contribution in [1.82, 2.24) is 0 Å². The van der Waals surface area contributed by atoms with Gasteiger partial charge in [0.05, 0.1) is 6.61 Å². The fourth-order valence-corrected chi connectivity index (χ4v) is 0.618. The van der Waals surface area contributed by atoms with Gasteiger partial charge in [-0.25, -0.2) is 0 Å². The molecule has 0 saturated heterocycles. The summed E-state index contributed by atoms with van der Waals surface area (Å²) in [7, 11) is 0. The number of hydrogen-bond donors (Lipinski definition) is 7. The van der Waals surface area contributed by atoms with Crippen molar-refractivity contribution in [2.24, 2.45) is 5.73 Å². The van der Waals surface area contributed by atoms with E-state index in [2.05, 4.69) is 0 Å². The molecule has 0 aromatic carbocycles. The first-order valence-corrected chi connectivity index (χ1v) is 4.95. The van der Waals surface area contributed by atoms with E-state index in [1.807, 2.05) is 0 Å². The topological polar surface area (TPSA) is 182 Å². The van der Waals surface area contributed by atoms with Crippen molar-refractivity contribution < 1.29 is 40.2 Å². The van der Waals surface area contributed by atoms with Crippen molar-refractivity contribution in [2.45, 2.75) is 37.4 Å². The van der Waals surface area contributed by atoms with Gasteiger partial charge >= 0.3 is 5.97 Å². The highest BCUT2D eigenvalue weighted by molar-refractivity contribution is 5.72. The quantitative estimate of drug-likeness (QED) is 0.236. The number of carbonyl (C=O) groups is 2. The monoisotopic (exact) mass is 269 g/mol. The minimum absolute atomic E-state index is 0.0258. The molecule has 0 fully saturated rings. The van der Waals surface area contributed by atoms with Crippen LogP contribution in [0, 0.1) is 0 Å². The predicted molar refractivity (Wildman–Crippen MR) is 58.5 cm³/mol. The van der Waals surface area contributed by atoms with Gasteiger partial charge in [-0.05, 0) is 6.92 Å². The van der Waals surface area contributed by atoms with Crippen molar-refractivity contribution in [2.75, 3.05) is 6.61 Å². The summed E-state index contributed by atoms with van der Waals surface area (Å²) in [5.41, 5.74) is 4.84. The average molecular weight is 269 g/mol. The fourth-order valence-electron chi connectivity index (χ4n) is 0.618. The second-order valence-electron chi connectivity index (χ2n) is 3.48. The molecule has 0 amide bonds. The number of aliphatic hydroxyl groups excluding tert-OH is 5. The molecule has 0 saturated carbocycles. The third kappa shape index (κ3) is 8.06. The largest absolute Gasteiger partial charge is 0.480 e. The summed E-state index contributed by atoms with van der Waals surface area (Å²) < 4.78 is 0. The molecule has 18 heavy (non-hydrogen) atoms. The first kappa shape index (κ1) is 19.2. The van der Waals surface area contributed by atoms with E-state index in [0.717, 1.165) is 0 Å². The SMILES string of the molecule is CC(N)C(=O)O.O=CC(O)C(O)C(O)C(O)CO. The van der Waals surface area contributed by atoms with Crippen molar-refractivity contribution in [1.29, 1.82) is 0 Å². The van der Waals surface area contributed by atoms with Crippen LogP contribution in [-0.4, -0.2) is 80.0 Å². The maximum absolute atomic E-state index is 9.90. The number of carboxylic acids is 1. The number of nitrogens with two attached hydrogens (primary N) is 1. The number of aliphatic hydroxyl groups is 5. The molecule has 5 atom stereocenters. The lowest BCUT2D eigenvalue weighted by Crippen LogP contribution is -2.46. The highest BCUT2D eigenvalue weighted by atomic mass is 16.4. The molecule has 0 spiro atoms. The fraction of sp³-hybridized carbons (Fsp3) is 0.778. The van der Waals surface area contributed by atoms with E-state index in [0.29, 0.717) is 0 Å². The van der Waals surface area contributed by atoms with E-state index < -0.39 is 43.0 Å². The Labute approximate surface area is 103 Å². The zero-order valence-electron chi connectivity index (χ0n) is 9.75. The number of carbonyl (C=O) groups excluding carboxylic acids is 1. The van der Waals surface area contributed by atoms with Crippen LogP contribution in [0.1, 0.15) is 6.92 Å². The highest BCUT2D eigenvalue weighted by Crippen LogP contribution is 2.02. The second-order valence-corrected chi connectivity index (χ2v) is 3.48. The number of aliphatic carboxylic acids is 1. The van der Waals surface area contributed by atoms with Crippen molar-refractivity contribution in [3.8, 4) is 0 Å². The molecule has 0 rings (SSSR count). The van der Waals surface area contributed by atoms with Gasteiger partial charge < -0.3 is 41.2 Å². The molecule has 0 aliphatic carbocycles. The molecule has 0 heterocycles. The first-order valence-electron chi connectivity index (χ1n) is 4.95. The predicted octanol–water partition coefficient (Wildman–Crippen LogP) is -3.96. The van der Waals surface area contributed by atoms with Gasteiger partial charge in [-0.1, -0.05) is 0 Å². The van der Waals surface area contributed by atoms with E-state index in [-0.39, 0.29) is 6.29 Å². The molecule has 0 aliphatic rings. The van der Waals surface area contributed by atoms with Crippen LogP contribution in [0.15, 0.2) is 0 Å². The zero-order chi connectivity index (χ0) is 14.9. The minimum atomic E-state index is -1.79. The molecule has 0 aromatic heterocycles. The van der Waals surface area contributed by atoms with Crippen LogP contribution >= 0.6 is 0 Å². The maximum Gasteiger partial charge on any atom is 0.320 e. The smallest absolute Gasteiger partial charge is 0.320 e. The summed E-state index contributed by atoms with van der Waals surface area (Å²) in [5.74, 6) is -0.963. The van der Waals surface area contributed by atoms with E-state index in [4.69, 9.17) is 36.4 Å². The van der Waals surface area contributed by atoms with Crippen LogP contribution in [0.25, 0.3) is 0 Å². The summed E-state index contributed by atoms with van der Waals surface area (Å²) in [6.07, 6.45) is -6.84. The van der Waals surface area contributed by atoms with Crippen LogP contribution in [0.5, 0.6) is 0 Å². The van der Waals surface area contributed by atoms with Gasteiger partial charge in [0.15, 0.2) is 6.29 Å². The third-order valence-electron chi connectivity index (χ3n) is 1.81. The molecule has 9 nitrogen and oxygen atoms in total. The minimum Gasteiger partial charge on any atom is -0.480 e. The van der Waals surface area contributed by atoms with E-state index in [9.17, 15) is 9.59 Å². The molecule has 0 aromatic rings. The Kier molecular flexibility index (Phi) is 10.6. The van der Waals surface area contributed by atoms with Crippen LogP contribution in [0.3, 0.4) is 0 Å². The van der Waals surface area contributed by atoms with Gasteiger partial charge in [0.25, 0.3) is 0 Å². The Bertz CT molecular complexity index is 247. The van der Waals surface area contributed by atoms with Gasteiger partial charge in [0, 0.05) is 0 Å². The Morgan fingerprint density at radius 3 is 1.83 bits per heavy atom. The van der Waals surface area contributed by atoms with Crippen LogP contribution in [0.4, 0.5) is 0 Å². The lowest BCUT2D eigenvalue weighted by Gasteiger charge is -2.22. The summed E-state index contributed by atoms with van der Waals surface area (Å²) in [6, 6.07) is -0.731. The van der Waals surface area contributed by atoms with E-state index in [1.54, 1.807) is 0 Å². The van der Waals surface area contributed by atoms with E-state index in [1.165, 1.54) is 6.92 Å². The first-order chi connectivity index (χ1) is 8.18. The summed E-state index contributed by atoms with van der Waals surface area (Å²) in [6.45, 7) is 0.659. The summed E-state index contributed by atoms with van der Waals surface area (Å²) in [4.78, 5) is 19.5. The van der Waals surface area contributed by atoms with Gasteiger partial charge in [-0.2, -0.15) is 0 Å². The van der Waals surface area contributed by atoms with Crippen LogP contribution in [0.2, 0.25) is 0 Å². The normalized spacial score (nSPS) is 18.6. The average Bonchev–Trinajstić information content (AvgIpc) is 2.35. The van der Waals surface area contributed by atoms with Crippen LogP contribution in [-0.2, 0) is 9.59 Å². The summed E-state index contributed by atoms with van der Waals surface area (Å²) in [5, 5.41) is 51.4. The lowest BCUT2D eigenvalue weighted by molar-refractivity contribution is -0.138. The molecular formula is C9H19NO8. The lowest BCUT2D eigenvalue weighted by atomic mass is 10.0. The molecule has 9 heteroatoms. The van der Waals surface area contributed by atoms with Crippen LogP contribution < -0.4 is 5.73 Å². The van der Waals surface area contributed by atoms with E-state index >= 15 is 0 Å². The zero-order valence-corrected chi connectivity index (χ0v) is 9.75. The second kappa shape index (κ2) is 9.88. The number of carboxylic acid groups (broad SMARTS) is 1. The van der Waals surface area contributed by atoms with Gasteiger partial charge in [-0.3, -0.25) is 4.79 Å². The standard InChI is InChI=1S/C6H12O6.C3H7NO2/c7-1-3(9)5(11)6(12)4(10)2-8;1-2(4)3(5)6/h1,3-6,8-12H,2H2;2H,4H2,1H3,(H,5,6). The number of hydrogen-bond acceptors (Lipinski definition) is 8. The summed E-state index contributed by atoms with van der Waals surface area (Å²) >= 11 is 0. The number of rotatable bonds is 6. The number of aldehydes is 1. The highest BCUT2D eigenvalue weighted by Gasteiger charge is 2.29. The molecule has 0 bridgehead atoms. The Morgan fingerprint density at radius 2 is 1.61 bits per heavy atom. The van der Waals surface area contributed by atoms with Crippen molar-refractivity contribution in [3.05, 3.63) is 0 Å². The van der Waals surface area contributed by atoms with Crippen molar-refractivity contribution in [3.63, 3.8) is 0 Å². The third-order valence-corrected chi connectivity index (χ3v) is 1.81. The Hall–Kier alpha value is -1.10. The molecular weight excluding hydrogens is 250 g/mol. The van der Waals surface area contributed by atoms with Gasteiger partial charge in [-0.15, -0.1) is 0 Å². The maximum atomic E-state index is 9.90. The molecule has 8 N–H and O–H groups in total. The molecule has 0 aliphatic heterocycles. The Morgan fingerprint density at radius 1 is 1.22 bits per heavy atom. The Balaban J connectivity index is 0.